The van der Waals surface area contributed by atoms with E-state index in [1.807, 2.05) is 30.3 Å². The average molecular weight is 295 g/mol. The molecule has 7 N–H and O–H groups in total. The highest BCUT2D eigenvalue weighted by atomic mass is 16.3. The van der Waals surface area contributed by atoms with Crippen LogP contribution in [0.25, 0.3) is 11.1 Å². The maximum atomic E-state index is 9.64. The molecule has 0 aromatic heterocycles. The van der Waals surface area contributed by atoms with Gasteiger partial charge in [-0.05, 0) is 52.6 Å². The quantitative estimate of drug-likeness (QED) is 0.430. The lowest BCUT2D eigenvalue weighted by Crippen LogP contribution is -2.36. The zero-order chi connectivity index (χ0) is 15.7. The minimum atomic E-state index is -0.321. The molecule has 0 saturated heterocycles. The number of anilines is 1. The number of nitrogens with one attached hydrogen (secondary N) is 1. The van der Waals surface area contributed by atoms with Crippen LogP contribution in [0.4, 0.5) is 5.69 Å². The fourth-order valence-electron chi connectivity index (χ4n) is 2.38. The van der Waals surface area contributed by atoms with Gasteiger partial charge >= 0.3 is 0 Å². The summed E-state index contributed by atoms with van der Waals surface area (Å²) in [7, 11) is 0. The summed E-state index contributed by atoms with van der Waals surface area (Å²) >= 11 is 0. The van der Waals surface area contributed by atoms with Crippen molar-refractivity contribution >= 4 is 16.8 Å². The van der Waals surface area contributed by atoms with Gasteiger partial charge in [0.1, 0.15) is 6.17 Å². The monoisotopic (exact) mass is 295 g/mol. The van der Waals surface area contributed by atoms with E-state index in [2.05, 4.69) is 5.32 Å². The largest absolute Gasteiger partial charge is 0.504 e. The lowest BCUT2D eigenvalue weighted by Gasteiger charge is -2.23. The molecule has 0 saturated carbocycles. The highest BCUT2D eigenvalue weighted by Gasteiger charge is 2.16. The van der Waals surface area contributed by atoms with Crippen LogP contribution in [0.15, 0.2) is 54.7 Å². The summed E-state index contributed by atoms with van der Waals surface area (Å²) in [4.78, 5) is 0. The van der Waals surface area contributed by atoms with E-state index in [0.29, 0.717) is 5.69 Å². The van der Waals surface area contributed by atoms with Crippen molar-refractivity contribution in [2.75, 3.05) is 5.73 Å². The lowest BCUT2D eigenvalue weighted by molar-refractivity contribution is 0.403. The van der Waals surface area contributed by atoms with Crippen LogP contribution < -0.4 is 16.8 Å². The Morgan fingerprint density at radius 2 is 1.59 bits per heavy atom. The third-order valence-electron chi connectivity index (χ3n) is 3.62. The maximum absolute atomic E-state index is 9.64. The van der Waals surface area contributed by atoms with Crippen molar-refractivity contribution in [1.29, 1.82) is 0 Å². The molecule has 1 aliphatic rings. The molecule has 0 aliphatic carbocycles. The standard InChI is InChI=1S/C17H17N3O2/c18-13-4-1-10(2-5-13)14-7-12(9-20-17(14)19)11-3-6-15(21)16(22)8-11/h1-9,17,20-22H,18-19H2. The Kier molecular flexibility index (Phi) is 3.48. The van der Waals surface area contributed by atoms with Gasteiger partial charge in [-0.15, -0.1) is 0 Å². The average Bonchev–Trinajstić information content (AvgIpc) is 2.52. The van der Waals surface area contributed by atoms with E-state index in [1.54, 1.807) is 12.3 Å². The first-order valence-corrected chi connectivity index (χ1v) is 6.86. The van der Waals surface area contributed by atoms with Crippen LogP contribution in [-0.4, -0.2) is 16.4 Å². The number of hydrogen-bond acceptors (Lipinski definition) is 5. The molecule has 1 heterocycles. The Balaban J connectivity index is 2.00. The van der Waals surface area contributed by atoms with Crippen molar-refractivity contribution in [2.24, 2.45) is 5.73 Å². The highest BCUT2D eigenvalue weighted by Crippen LogP contribution is 2.32. The number of nitrogen functional groups attached to an aromatic ring is 1. The smallest absolute Gasteiger partial charge is 0.158 e. The van der Waals surface area contributed by atoms with Crippen LogP contribution in [0.3, 0.4) is 0 Å². The van der Waals surface area contributed by atoms with E-state index in [4.69, 9.17) is 11.5 Å². The normalized spacial score (nSPS) is 17.4. The molecule has 5 nitrogen and oxygen atoms in total. The second kappa shape index (κ2) is 5.46. The van der Waals surface area contributed by atoms with E-state index in [-0.39, 0.29) is 17.7 Å². The lowest BCUT2D eigenvalue weighted by atomic mass is 9.95. The van der Waals surface area contributed by atoms with Gasteiger partial charge < -0.3 is 27.0 Å². The van der Waals surface area contributed by atoms with Gasteiger partial charge in [0, 0.05) is 11.9 Å². The van der Waals surface area contributed by atoms with Crippen LogP contribution in [0.5, 0.6) is 11.5 Å². The minimum Gasteiger partial charge on any atom is -0.504 e. The van der Waals surface area contributed by atoms with Gasteiger partial charge in [-0.25, -0.2) is 0 Å². The number of aromatic hydroxyl groups is 2. The molecule has 0 spiro atoms. The Hall–Kier alpha value is -2.92. The Morgan fingerprint density at radius 1 is 0.909 bits per heavy atom. The van der Waals surface area contributed by atoms with Crippen molar-refractivity contribution in [1.82, 2.24) is 5.32 Å². The van der Waals surface area contributed by atoms with Crippen molar-refractivity contribution in [3.8, 4) is 11.5 Å². The first kappa shape index (κ1) is 14.0. The van der Waals surface area contributed by atoms with E-state index in [1.165, 1.54) is 12.1 Å². The fourth-order valence-corrected chi connectivity index (χ4v) is 2.38. The number of nitrogens with two attached hydrogens (primary N) is 2. The molecule has 112 valence electrons. The van der Waals surface area contributed by atoms with Crippen LogP contribution in [0.2, 0.25) is 0 Å². The van der Waals surface area contributed by atoms with Gasteiger partial charge in [0.25, 0.3) is 0 Å². The van der Waals surface area contributed by atoms with Crippen molar-refractivity contribution in [3.05, 3.63) is 65.9 Å². The number of rotatable bonds is 2. The molecular formula is C17H17N3O2. The van der Waals surface area contributed by atoms with Gasteiger partial charge in [-0.2, -0.15) is 0 Å². The van der Waals surface area contributed by atoms with Gasteiger partial charge in [-0.3, -0.25) is 0 Å². The topological polar surface area (TPSA) is 105 Å². The molecule has 0 radical (unpaired) electrons. The molecule has 2 aromatic carbocycles. The Bertz CT molecular complexity index is 764. The summed E-state index contributed by atoms with van der Waals surface area (Å²) in [6.45, 7) is 0. The summed E-state index contributed by atoms with van der Waals surface area (Å²) < 4.78 is 0. The van der Waals surface area contributed by atoms with Gasteiger partial charge in [0.15, 0.2) is 11.5 Å². The zero-order valence-corrected chi connectivity index (χ0v) is 11.8. The van der Waals surface area contributed by atoms with Crippen molar-refractivity contribution in [2.45, 2.75) is 6.17 Å². The summed E-state index contributed by atoms with van der Waals surface area (Å²) in [6, 6.07) is 12.2. The number of allylic oxidation sites excluding steroid dienone is 2. The molecular weight excluding hydrogens is 278 g/mol. The molecule has 2 aromatic rings. The van der Waals surface area contributed by atoms with Crippen LogP contribution in [-0.2, 0) is 0 Å². The molecule has 1 atom stereocenters. The molecule has 0 amide bonds. The minimum absolute atomic E-state index is 0.146. The number of phenolic OH excluding ortho intramolecular Hbond substituents is 2. The van der Waals surface area contributed by atoms with E-state index >= 15 is 0 Å². The highest BCUT2D eigenvalue weighted by molar-refractivity contribution is 5.87. The predicted molar refractivity (Wildman–Crippen MR) is 87.7 cm³/mol. The molecule has 1 aliphatic heterocycles. The Labute approximate surface area is 128 Å². The summed E-state index contributed by atoms with van der Waals surface area (Å²) in [5.41, 5.74) is 16.0. The van der Waals surface area contributed by atoms with E-state index < -0.39 is 0 Å². The van der Waals surface area contributed by atoms with Crippen molar-refractivity contribution in [3.63, 3.8) is 0 Å². The zero-order valence-electron chi connectivity index (χ0n) is 11.8. The fraction of sp³-hybridized carbons (Fsp3) is 0.0588. The SMILES string of the molecule is Nc1ccc(C2=CC(c3ccc(O)c(O)c3)=CNC2N)cc1. The van der Waals surface area contributed by atoms with Crippen LogP contribution in [0.1, 0.15) is 11.1 Å². The first-order chi connectivity index (χ1) is 10.5. The third kappa shape index (κ3) is 2.62. The second-order valence-electron chi connectivity index (χ2n) is 5.17. The third-order valence-corrected chi connectivity index (χ3v) is 3.62. The van der Waals surface area contributed by atoms with E-state index in [0.717, 1.165) is 22.3 Å². The second-order valence-corrected chi connectivity index (χ2v) is 5.17. The van der Waals surface area contributed by atoms with Gasteiger partial charge in [0.05, 0.1) is 0 Å². The van der Waals surface area contributed by atoms with Gasteiger partial charge in [-0.1, -0.05) is 18.2 Å². The first-order valence-electron chi connectivity index (χ1n) is 6.86. The summed E-state index contributed by atoms with van der Waals surface area (Å²) in [5.74, 6) is -0.303. The number of dihydropyridines is 1. The summed E-state index contributed by atoms with van der Waals surface area (Å²) in [6.07, 6.45) is 3.42. The van der Waals surface area contributed by atoms with Crippen LogP contribution in [0, 0.1) is 0 Å². The molecule has 1 unspecified atom stereocenters. The predicted octanol–water partition coefficient (Wildman–Crippen LogP) is 1.99. The molecule has 5 heteroatoms. The number of hydrogen-bond donors (Lipinski definition) is 5. The van der Waals surface area contributed by atoms with Crippen LogP contribution >= 0.6 is 0 Å². The molecule has 0 bridgehead atoms. The summed E-state index contributed by atoms with van der Waals surface area (Å²) in [5, 5.41) is 22.1. The van der Waals surface area contributed by atoms with Gasteiger partial charge in [0.2, 0.25) is 0 Å². The van der Waals surface area contributed by atoms with E-state index in [9.17, 15) is 10.2 Å². The maximum Gasteiger partial charge on any atom is 0.158 e. The molecule has 0 fully saturated rings. The number of benzene rings is 2. The molecule has 3 rings (SSSR count). The molecule has 22 heavy (non-hydrogen) atoms. The van der Waals surface area contributed by atoms with Crippen molar-refractivity contribution < 1.29 is 10.2 Å². The number of phenols is 2. The Morgan fingerprint density at radius 3 is 2.27 bits per heavy atom.